The molecule has 124 valence electrons. The van der Waals surface area contributed by atoms with E-state index in [2.05, 4.69) is 16.6 Å². The summed E-state index contributed by atoms with van der Waals surface area (Å²) in [5, 5.41) is 7.30. The smallest absolute Gasteiger partial charge is 0.185 e. The van der Waals surface area contributed by atoms with Crippen LogP contribution in [0.25, 0.3) is 0 Å². The van der Waals surface area contributed by atoms with Crippen molar-refractivity contribution >= 4 is 30.2 Å². The van der Waals surface area contributed by atoms with E-state index in [1.807, 2.05) is 35.2 Å². The van der Waals surface area contributed by atoms with Crippen LogP contribution in [0.15, 0.2) is 60.0 Å². The normalized spacial score (nSPS) is 11.7. The molecule has 3 nitrogen and oxygen atoms in total. The fourth-order valence-corrected chi connectivity index (χ4v) is 6.73. The molecular formula is C17H17F2N3SSi. The first-order valence-corrected chi connectivity index (χ1v) is 11.4. The molecule has 0 fully saturated rings. The second-order valence-corrected chi connectivity index (χ2v) is 10.7. The highest BCUT2D eigenvalue weighted by molar-refractivity contribution is 7.98. The van der Waals surface area contributed by atoms with Crippen LogP contribution < -0.4 is 10.4 Å². The topological polar surface area (TPSA) is 30.7 Å². The van der Waals surface area contributed by atoms with Gasteiger partial charge in [-0.25, -0.2) is 18.4 Å². The van der Waals surface area contributed by atoms with Crippen LogP contribution in [0.1, 0.15) is 0 Å². The lowest BCUT2D eigenvalue weighted by Gasteiger charge is -2.29. The Morgan fingerprint density at radius 1 is 0.958 bits per heavy atom. The van der Waals surface area contributed by atoms with Gasteiger partial charge < -0.3 is 0 Å². The van der Waals surface area contributed by atoms with E-state index < -0.39 is 8.07 Å². The molecule has 0 N–H and O–H groups in total. The van der Waals surface area contributed by atoms with Crippen molar-refractivity contribution in [3.63, 3.8) is 0 Å². The van der Waals surface area contributed by atoms with Crippen LogP contribution in [0.3, 0.4) is 0 Å². The zero-order valence-electron chi connectivity index (χ0n) is 13.4. The first-order valence-electron chi connectivity index (χ1n) is 7.47. The Morgan fingerprint density at radius 3 is 1.92 bits per heavy atom. The van der Waals surface area contributed by atoms with E-state index in [0.29, 0.717) is 6.17 Å². The minimum atomic E-state index is -2.29. The van der Waals surface area contributed by atoms with Crippen molar-refractivity contribution in [3.05, 3.63) is 66.5 Å². The van der Waals surface area contributed by atoms with Gasteiger partial charge in [-0.05, 0) is 30.5 Å². The zero-order chi connectivity index (χ0) is 17.2. The molecule has 0 unspecified atom stereocenters. The maximum absolute atomic E-state index is 13.4. The van der Waals surface area contributed by atoms with Gasteiger partial charge in [0.15, 0.2) is 5.16 Å². The fraction of sp³-hybridized carbons (Fsp3) is 0.176. The van der Waals surface area contributed by atoms with Gasteiger partial charge in [0.25, 0.3) is 0 Å². The van der Waals surface area contributed by atoms with E-state index in [1.54, 1.807) is 0 Å². The van der Waals surface area contributed by atoms with Crippen molar-refractivity contribution in [2.45, 2.75) is 17.9 Å². The van der Waals surface area contributed by atoms with Gasteiger partial charge >= 0.3 is 0 Å². The molecule has 0 bridgehead atoms. The maximum Gasteiger partial charge on any atom is 0.185 e. The number of aromatic nitrogens is 3. The summed E-state index contributed by atoms with van der Waals surface area (Å²) in [5.74, 6) is -0.528. The average Bonchev–Trinajstić information content (AvgIpc) is 3.02. The average molecular weight is 361 g/mol. The molecule has 24 heavy (non-hydrogen) atoms. The summed E-state index contributed by atoms with van der Waals surface area (Å²) in [6, 6.07) is 13.2. The highest BCUT2D eigenvalue weighted by atomic mass is 32.2. The monoisotopic (exact) mass is 361 g/mol. The highest BCUT2D eigenvalue weighted by Crippen LogP contribution is 2.15. The fourth-order valence-electron chi connectivity index (χ4n) is 2.80. The molecule has 3 aromatic rings. The summed E-state index contributed by atoms with van der Waals surface area (Å²) in [6.07, 6.45) is 4.14. The quantitative estimate of drug-likeness (QED) is 0.517. The zero-order valence-corrected chi connectivity index (χ0v) is 15.2. The Balaban J connectivity index is 2.09. The summed E-state index contributed by atoms with van der Waals surface area (Å²) < 4.78 is 28.6. The van der Waals surface area contributed by atoms with Crippen LogP contribution in [-0.2, 0) is 6.17 Å². The molecular weight excluding hydrogens is 344 g/mol. The molecule has 0 amide bonds. The Morgan fingerprint density at radius 2 is 1.46 bits per heavy atom. The van der Waals surface area contributed by atoms with Gasteiger partial charge in [0, 0.05) is 6.17 Å². The number of benzene rings is 2. The molecule has 0 saturated carbocycles. The second kappa shape index (κ2) is 6.86. The number of thioether (sulfide) groups is 1. The van der Waals surface area contributed by atoms with Gasteiger partial charge in [-0.3, -0.25) is 0 Å². The molecule has 0 saturated heterocycles. The Kier molecular flexibility index (Phi) is 4.82. The number of hydrogen-bond acceptors (Lipinski definition) is 3. The van der Waals surface area contributed by atoms with Gasteiger partial charge in [-0.2, -0.15) is 5.10 Å². The van der Waals surface area contributed by atoms with Gasteiger partial charge in [0.05, 0.1) is 0 Å². The van der Waals surface area contributed by atoms with Crippen LogP contribution in [0.2, 0.25) is 6.55 Å². The molecule has 3 rings (SSSR count). The van der Waals surface area contributed by atoms with Crippen molar-refractivity contribution in [3.8, 4) is 0 Å². The lowest BCUT2D eigenvalue weighted by atomic mass is 10.3. The molecule has 0 atom stereocenters. The molecule has 0 aliphatic carbocycles. The Labute approximate surface area is 144 Å². The standard InChI is InChI=1S/C17H17F2N3SSi/c1-23-17-20-11-21-22(17)12-24(2,15-7-3-13(18)4-8-15)16-9-5-14(19)6-10-16/h3-11H,12H2,1-2H3. The lowest BCUT2D eigenvalue weighted by Crippen LogP contribution is -2.59. The second-order valence-electron chi connectivity index (χ2n) is 5.75. The van der Waals surface area contributed by atoms with E-state index in [0.717, 1.165) is 15.5 Å². The molecule has 1 heterocycles. The summed E-state index contributed by atoms with van der Waals surface area (Å²) in [4.78, 5) is 4.25. The summed E-state index contributed by atoms with van der Waals surface area (Å²) in [5.41, 5.74) is 0. The first-order chi connectivity index (χ1) is 11.5. The van der Waals surface area contributed by atoms with Crippen molar-refractivity contribution in [2.75, 3.05) is 6.26 Å². The molecule has 0 radical (unpaired) electrons. The minimum Gasteiger partial charge on any atom is -0.243 e. The van der Waals surface area contributed by atoms with Crippen molar-refractivity contribution in [2.24, 2.45) is 0 Å². The lowest BCUT2D eigenvalue weighted by molar-refractivity contribution is 0.628. The van der Waals surface area contributed by atoms with E-state index in [1.165, 1.54) is 42.4 Å². The van der Waals surface area contributed by atoms with Gasteiger partial charge in [-0.1, -0.05) is 52.9 Å². The van der Waals surface area contributed by atoms with Crippen molar-refractivity contribution in [1.29, 1.82) is 0 Å². The van der Waals surface area contributed by atoms with Crippen LogP contribution in [-0.4, -0.2) is 29.1 Å². The summed E-state index contributed by atoms with van der Waals surface area (Å²) >= 11 is 1.53. The number of nitrogens with zero attached hydrogens (tertiary/aromatic N) is 3. The Bertz CT molecular complexity index is 773. The predicted molar refractivity (Wildman–Crippen MR) is 95.5 cm³/mol. The van der Waals surface area contributed by atoms with Gasteiger partial charge in [0.2, 0.25) is 0 Å². The molecule has 0 aliphatic rings. The largest absolute Gasteiger partial charge is 0.243 e. The van der Waals surface area contributed by atoms with Crippen LogP contribution in [0.4, 0.5) is 8.78 Å². The number of halogens is 2. The van der Waals surface area contributed by atoms with Gasteiger partial charge in [-0.15, -0.1) is 0 Å². The molecule has 2 aromatic carbocycles. The predicted octanol–water partition coefficient (Wildman–Crippen LogP) is 2.71. The third-order valence-electron chi connectivity index (χ3n) is 4.19. The van der Waals surface area contributed by atoms with E-state index in [4.69, 9.17) is 0 Å². The van der Waals surface area contributed by atoms with Crippen LogP contribution in [0, 0.1) is 11.6 Å². The SMILES string of the molecule is CSc1ncnn1C[Si](C)(c1ccc(F)cc1)c1ccc(F)cc1. The highest BCUT2D eigenvalue weighted by Gasteiger charge is 2.33. The molecule has 0 spiro atoms. The third-order valence-corrected chi connectivity index (χ3v) is 9.02. The third kappa shape index (κ3) is 3.27. The molecule has 1 aromatic heterocycles. The molecule has 0 aliphatic heterocycles. The summed E-state index contributed by atoms with van der Waals surface area (Å²) in [7, 11) is -2.29. The maximum atomic E-state index is 13.4. The minimum absolute atomic E-state index is 0.264. The van der Waals surface area contributed by atoms with E-state index in [-0.39, 0.29) is 11.6 Å². The number of hydrogen-bond donors (Lipinski definition) is 0. The van der Waals surface area contributed by atoms with Crippen LogP contribution in [0.5, 0.6) is 0 Å². The summed E-state index contributed by atoms with van der Waals surface area (Å²) in [6.45, 7) is 2.18. The van der Waals surface area contributed by atoms with E-state index in [9.17, 15) is 8.78 Å². The van der Waals surface area contributed by atoms with Crippen LogP contribution >= 0.6 is 11.8 Å². The number of rotatable bonds is 5. The van der Waals surface area contributed by atoms with Crippen molar-refractivity contribution in [1.82, 2.24) is 14.8 Å². The van der Waals surface area contributed by atoms with Gasteiger partial charge in [0.1, 0.15) is 26.0 Å². The van der Waals surface area contributed by atoms with E-state index >= 15 is 0 Å². The van der Waals surface area contributed by atoms with Crippen molar-refractivity contribution < 1.29 is 8.78 Å². The molecule has 7 heteroatoms. The Hall–Kier alpha value is -1.99. The first kappa shape index (κ1) is 16.9.